The first kappa shape index (κ1) is 19.9. The molecule has 0 spiro atoms. The van der Waals surface area contributed by atoms with Crippen LogP contribution < -0.4 is 15.8 Å². The molecule has 1 unspecified atom stereocenters. The van der Waals surface area contributed by atoms with Crippen molar-refractivity contribution in [1.82, 2.24) is 24.1 Å². The van der Waals surface area contributed by atoms with E-state index in [1.807, 2.05) is 4.90 Å². The predicted octanol–water partition coefficient (Wildman–Crippen LogP) is 2.56. The minimum atomic E-state index is -0.456. The van der Waals surface area contributed by atoms with Gasteiger partial charge in [-0.25, -0.2) is 13.9 Å². The van der Waals surface area contributed by atoms with Crippen LogP contribution in [0.4, 0.5) is 15.9 Å². The van der Waals surface area contributed by atoms with Crippen molar-refractivity contribution in [3.63, 3.8) is 0 Å². The highest BCUT2D eigenvalue weighted by Gasteiger charge is 2.30. The van der Waals surface area contributed by atoms with Crippen LogP contribution in [0.5, 0.6) is 0 Å². The fourth-order valence-electron chi connectivity index (χ4n) is 4.11. The summed E-state index contributed by atoms with van der Waals surface area (Å²) in [5, 5.41) is 7.01. The van der Waals surface area contributed by atoms with Crippen molar-refractivity contribution in [2.24, 2.45) is 7.05 Å². The smallest absolute Gasteiger partial charge is 0.261 e. The topological polar surface area (TPSA) is 97.4 Å². The number of pyridine rings is 2. The molecule has 1 saturated heterocycles. The van der Waals surface area contributed by atoms with Gasteiger partial charge in [0.25, 0.3) is 11.5 Å². The second-order valence-electron chi connectivity index (χ2n) is 7.69. The van der Waals surface area contributed by atoms with Gasteiger partial charge in [-0.05, 0) is 37.1 Å². The Morgan fingerprint density at radius 1 is 1.28 bits per heavy atom. The molecule has 1 atom stereocenters. The Hall–Kier alpha value is -4.08. The molecule has 0 aliphatic carbocycles. The minimum absolute atomic E-state index is 0.231. The van der Waals surface area contributed by atoms with Crippen LogP contribution in [0.25, 0.3) is 5.65 Å². The molecule has 0 bridgehead atoms. The second-order valence-corrected chi connectivity index (χ2v) is 7.69. The first-order chi connectivity index (χ1) is 15.5. The number of rotatable bonds is 4. The minimum Gasteiger partial charge on any atom is -0.349 e. The van der Waals surface area contributed by atoms with E-state index in [2.05, 4.69) is 20.4 Å². The zero-order valence-electron chi connectivity index (χ0n) is 17.3. The SMILES string of the molecule is Cn1cc(F)cc(C2CCCN2c2ccn3ncc(C(=O)Nc4cccnc4)c3n2)c1=O. The molecule has 0 saturated carbocycles. The van der Waals surface area contributed by atoms with Crippen LogP contribution in [0.2, 0.25) is 0 Å². The number of nitrogens with zero attached hydrogens (tertiary/aromatic N) is 6. The van der Waals surface area contributed by atoms with Gasteiger partial charge in [0, 0.05) is 37.7 Å². The van der Waals surface area contributed by atoms with Gasteiger partial charge >= 0.3 is 0 Å². The fourth-order valence-corrected chi connectivity index (χ4v) is 4.11. The summed E-state index contributed by atoms with van der Waals surface area (Å²) in [5.74, 6) is -0.209. The molecule has 9 nitrogen and oxygen atoms in total. The maximum atomic E-state index is 14.0. The third-order valence-electron chi connectivity index (χ3n) is 5.60. The number of fused-ring (bicyclic) bond motifs is 1. The molecule has 32 heavy (non-hydrogen) atoms. The van der Waals surface area contributed by atoms with Crippen molar-refractivity contribution in [1.29, 1.82) is 0 Å². The molecule has 4 aromatic rings. The zero-order chi connectivity index (χ0) is 22.2. The van der Waals surface area contributed by atoms with Crippen molar-refractivity contribution in [2.45, 2.75) is 18.9 Å². The quantitative estimate of drug-likeness (QED) is 0.531. The van der Waals surface area contributed by atoms with Gasteiger partial charge in [0.15, 0.2) is 5.65 Å². The third-order valence-corrected chi connectivity index (χ3v) is 5.60. The first-order valence-corrected chi connectivity index (χ1v) is 10.2. The fraction of sp³-hybridized carbons (Fsp3) is 0.227. The number of carbonyl (C=O) groups excluding carboxylic acids is 1. The second kappa shape index (κ2) is 7.88. The van der Waals surface area contributed by atoms with Gasteiger partial charge in [0.05, 0.1) is 24.1 Å². The molecule has 4 aromatic heterocycles. The summed E-state index contributed by atoms with van der Waals surface area (Å²) in [5.41, 5.74) is 1.43. The highest BCUT2D eigenvalue weighted by molar-refractivity contribution is 6.08. The summed E-state index contributed by atoms with van der Waals surface area (Å²) in [7, 11) is 1.54. The van der Waals surface area contributed by atoms with Crippen LogP contribution in [0.3, 0.4) is 0 Å². The lowest BCUT2D eigenvalue weighted by Crippen LogP contribution is -2.31. The van der Waals surface area contributed by atoms with Gasteiger partial charge < -0.3 is 14.8 Å². The normalized spacial score (nSPS) is 15.9. The van der Waals surface area contributed by atoms with E-state index in [1.54, 1.807) is 36.8 Å². The van der Waals surface area contributed by atoms with E-state index in [-0.39, 0.29) is 17.5 Å². The summed E-state index contributed by atoms with van der Waals surface area (Å²) in [6, 6.07) is 6.26. The molecule has 0 radical (unpaired) electrons. The van der Waals surface area contributed by atoms with Crippen molar-refractivity contribution in [3.8, 4) is 0 Å². The van der Waals surface area contributed by atoms with Crippen molar-refractivity contribution < 1.29 is 9.18 Å². The van der Waals surface area contributed by atoms with Gasteiger partial charge in [0.2, 0.25) is 0 Å². The number of amides is 1. The third kappa shape index (κ3) is 3.49. The molecule has 1 aliphatic heterocycles. The van der Waals surface area contributed by atoms with Crippen molar-refractivity contribution >= 4 is 23.1 Å². The average molecular weight is 433 g/mol. The standard InChI is InChI=1S/C22H20FN7O2/c1-28-13-14(23)10-16(22(28)32)18-5-3-8-29(18)19-6-9-30-20(27-19)17(12-25-30)21(31)26-15-4-2-7-24-11-15/h2,4,6-7,9-13,18H,3,5,8H2,1H3,(H,26,31). The summed E-state index contributed by atoms with van der Waals surface area (Å²) >= 11 is 0. The van der Waals surface area contributed by atoms with E-state index in [0.717, 1.165) is 6.42 Å². The lowest BCUT2D eigenvalue weighted by molar-refractivity contribution is 0.102. The van der Waals surface area contributed by atoms with Crippen LogP contribution in [-0.4, -0.2) is 36.6 Å². The zero-order valence-corrected chi connectivity index (χ0v) is 17.3. The Kier molecular flexibility index (Phi) is 4.89. The van der Waals surface area contributed by atoms with E-state index in [9.17, 15) is 14.0 Å². The predicted molar refractivity (Wildman–Crippen MR) is 116 cm³/mol. The molecule has 1 amide bonds. The number of hydrogen-bond donors (Lipinski definition) is 1. The van der Waals surface area contributed by atoms with Crippen LogP contribution >= 0.6 is 0 Å². The largest absolute Gasteiger partial charge is 0.349 e. The van der Waals surface area contributed by atoms with E-state index >= 15 is 0 Å². The molecule has 1 fully saturated rings. The number of aryl methyl sites for hydroxylation is 1. The summed E-state index contributed by atoms with van der Waals surface area (Å²) in [6.45, 7) is 0.666. The molecule has 10 heteroatoms. The van der Waals surface area contributed by atoms with Crippen molar-refractivity contribution in [3.05, 3.63) is 82.5 Å². The first-order valence-electron chi connectivity index (χ1n) is 10.2. The molecule has 162 valence electrons. The molecule has 5 rings (SSSR count). The molecular formula is C22H20FN7O2. The number of halogens is 1. The van der Waals surface area contributed by atoms with E-state index < -0.39 is 5.82 Å². The van der Waals surface area contributed by atoms with Gasteiger partial charge in [0.1, 0.15) is 17.2 Å². The van der Waals surface area contributed by atoms with Gasteiger partial charge in [-0.2, -0.15) is 5.10 Å². The van der Waals surface area contributed by atoms with Crippen molar-refractivity contribution in [2.75, 3.05) is 16.8 Å². The van der Waals surface area contributed by atoms with Crippen LogP contribution in [-0.2, 0) is 7.05 Å². The summed E-state index contributed by atoms with van der Waals surface area (Å²) < 4.78 is 16.8. The lowest BCUT2D eigenvalue weighted by atomic mass is 10.1. The number of nitrogens with one attached hydrogen (secondary N) is 1. The Labute approximate surface area is 182 Å². The molecule has 0 aromatic carbocycles. The van der Waals surface area contributed by atoms with Gasteiger partial charge in [-0.15, -0.1) is 0 Å². The van der Waals surface area contributed by atoms with Crippen LogP contribution in [0.1, 0.15) is 34.8 Å². The number of hydrogen-bond acceptors (Lipinski definition) is 6. The van der Waals surface area contributed by atoms with Gasteiger partial charge in [-0.1, -0.05) is 0 Å². The Bertz CT molecular complexity index is 1370. The maximum Gasteiger partial charge on any atom is 0.261 e. The maximum absolute atomic E-state index is 14.0. The number of anilines is 2. The van der Waals surface area contributed by atoms with E-state index in [0.29, 0.717) is 41.2 Å². The molecule has 1 N–H and O–H groups in total. The van der Waals surface area contributed by atoms with Crippen LogP contribution in [0, 0.1) is 5.82 Å². The Morgan fingerprint density at radius 2 is 2.16 bits per heavy atom. The molecule has 5 heterocycles. The Morgan fingerprint density at radius 3 is 2.97 bits per heavy atom. The average Bonchev–Trinajstić information content (AvgIpc) is 3.43. The number of aromatic nitrogens is 5. The highest BCUT2D eigenvalue weighted by Crippen LogP contribution is 2.34. The van der Waals surface area contributed by atoms with E-state index in [1.165, 1.54) is 34.6 Å². The monoisotopic (exact) mass is 433 g/mol. The summed E-state index contributed by atoms with van der Waals surface area (Å²) in [4.78, 5) is 36.1. The van der Waals surface area contributed by atoms with Gasteiger partial charge in [-0.3, -0.25) is 14.6 Å². The highest BCUT2D eigenvalue weighted by atomic mass is 19.1. The Balaban J connectivity index is 1.50. The molecule has 1 aliphatic rings. The van der Waals surface area contributed by atoms with E-state index in [4.69, 9.17) is 0 Å². The van der Waals surface area contributed by atoms with Crippen LogP contribution in [0.15, 0.2) is 60.0 Å². The lowest BCUT2D eigenvalue weighted by Gasteiger charge is -2.26. The summed E-state index contributed by atoms with van der Waals surface area (Å²) in [6.07, 6.45) is 9.08. The number of carbonyl (C=O) groups is 1. The molecular weight excluding hydrogens is 413 g/mol.